The minimum atomic E-state index is -0.845. The summed E-state index contributed by atoms with van der Waals surface area (Å²) in [7, 11) is 0. The zero-order chi connectivity index (χ0) is 12.3. The molecule has 1 atom stereocenters. The van der Waals surface area contributed by atoms with E-state index in [0.29, 0.717) is 5.56 Å². The highest BCUT2D eigenvalue weighted by molar-refractivity contribution is 7.09. The van der Waals surface area contributed by atoms with Crippen molar-refractivity contribution >= 4 is 11.3 Å². The Morgan fingerprint density at radius 2 is 2.24 bits per heavy atom. The summed E-state index contributed by atoms with van der Waals surface area (Å²) in [6.45, 7) is 0. The standard InChI is InChI=1S/C11H11F2N3S/c12-8-3-1-2-7(11(8)13)4-9(16-14)10-5-15-6-17-10/h1-3,5-6,9,16H,4,14H2. The first-order chi connectivity index (χ1) is 8.22. The number of hydrogen-bond donors (Lipinski definition) is 2. The molecule has 2 aromatic rings. The molecule has 17 heavy (non-hydrogen) atoms. The maximum atomic E-state index is 13.5. The predicted octanol–water partition coefficient (Wildman–Crippen LogP) is 2.17. The Hall–Kier alpha value is -1.37. The molecule has 0 spiro atoms. The van der Waals surface area contributed by atoms with Crippen molar-refractivity contribution in [3.63, 3.8) is 0 Å². The van der Waals surface area contributed by atoms with Gasteiger partial charge in [-0.05, 0) is 18.1 Å². The summed E-state index contributed by atoms with van der Waals surface area (Å²) < 4.78 is 26.5. The number of aromatic nitrogens is 1. The molecule has 2 rings (SSSR count). The molecule has 0 aliphatic carbocycles. The number of benzene rings is 1. The van der Waals surface area contributed by atoms with Gasteiger partial charge in [-0.1, -0.05) is 12.1 Å². The zero-order valence-electron chi connectivity index (χ0n) is 8.86. The molecule has 1 heterocycles. The number of rotatable bonds is 4. The quantitative estimate of drug-likeness (QED) is 0.650. The highest BCUT2D eigenvalue weighted by Crippen LogP contribution is 2.23. The zero-order valence-corrected chi connectivity index (χ0v) is 9.68. The number of nitrogens with one attached hydrogen (secondary N) is 1. The van der Waals surface area contributed by atoms with Crippen molar-refractivity contribution in [2.45, 2.75) is 12.5 Å². The highest BCUT2D eigenvalue weighted by Gasteiger charge is 2.16. The Kier molecular flexibility index (Phi) is 3.78. The molecule has 1 aromatic heterocycles. The van der Waals surface area contributed by atoms with Gasteiger partial charge in [-0.25, -0.2) is 8.78 Å². The van der Waals surface area contributed by atoms with E-state index >= 15 is 0 Å². The monoisotopic (exact) mass is 255 g/mol. The van der Waals surface area contributed by atoms with Gasteiger partial charge in [-0.3, -0.25) is 16.3 Å². The molecule has 3 N–H and O–H groups in total. The number of nitrogens with zero attached hydrogens (tertiary/aromatic N) is 1. The molecule has 3 nitrogen and oxygen atoms in total. The van der Waals surface area contributed by atoms with Crippen LogP contribution in [0.15, 0.2) is 29.9 Å². The van der Waals surface area contributed by atoms with Crippen LogP contribution in [0.2, 0.25) is 0 Å². The molecule has 0 radical (unpaired) electrons. The number of nitrogens with two attached hydrogens (primary N) is 1. The van der Waals surface area contributed by atoms with E-state index in [0.717, 1.165) is 10.9 Å². The molecule has 0 aliphatic heterocycles. The molecule has 0 fully saturated rings. The normalized spacial score (nSPS) is 12.6. The third-order valence-electron chi connectivity index (χ3n) is 2.45. The van der Waals surface area contributed by atoms with Crippen LogP contribution in [0.25, 0.3) is 0 Å². The van der Waals surface area contributed by atoms with Crippen molar-refractivity contribution in [3.8, 4) is 0 Å². The van der Waals surface area contributed by atoms with Crippen LogP contribution >= 0.6 is 11.3 Å². The lowest BCUT2D eigenvalue weighted by Gasteiger charge is -2.14. The number of thiazole rings is 1. The first-order valence-corrected chi connectivity index (χ1v) is 5.87. The lowest BCUT2D eigenvalue weighted by atomic mass is 10.0. The Bertz CT molecular complexity index is 487. The summed E-state index contributed by atoms with van der Waals surface area (Å²) in [5.41, 5.74) is 4.54. The average Bonchev–Trinajstić information content (AvgIpc) is 2.85. The fraction of sp³-hybridized carbons (Fsp3) is 0.182. The summed E-state index contributed by atoms with van der Waals surface area (Å²) in [4.78, 5) is 4.81. The second-order valence-corrected chi connectivity index (χ2v) is 4.46. The van der Waals surface area contributed by atoms with Gasteiger partial charge >= 0.3 is 0 Å². The van der Waals surface area contributed by atoms with E-state index in [4.69, 9.17) is 5.84 Å². The smallest absolute Gasteiger partial charge is 0.162 e. The van der Waals surface area contributed by atoms with E-state index in [1.807, 2.05) is 0 Å². The van der Waals surface area contributed by atoms with E-state index in [1.54, 1.807) is 17.8 Å². The van der Waals surface area contributed by atoms with E-state index in [9.17, 15) is 8.78 Å². The van der Waals surface area contributed by atoms with Crippen molar-refractivity contribution in [1.82, 2.24) is 10.4 Å². The number of halogens is 2. The van der Waals surface area contributed by atoms with E-state index in [-0.39, 0.29) is 12.5 Å². The van der Waals surface area contributed by atoms with Crippen LogP contribution in [-0.2, 0) is 6.42 Å². The molecule has 1 unspecified atom stereocenters. The van der Waals surface area contributed by atoms with Crippen molar-refractivity contribution in [3.05, 3.63) is 52.0 Å². The second-order valence-electron chi connectivity index (χ2n) is 3.54. The van der Waals surface area contributed by atoms with Crippen LogP contribution in [0, 0.1) is 11.6 Å². The van der Waals surface area contributed by atoms with Gasteiger partial charge < -0.3 is 0 Å². The maximum Gasteiger partial charge on any atom is 0.162 e. The Morgan fingerprint density at radius 1 is 1.41 bits per heavy atom. The third kappa shape index (κ3) is 2.66. The average molecular weight is 255 g/mol. The molecular formula is C11H11F2N3S. The van der Waals surface area contributed by atoms with Crippen LogP contribution < -0.4 is 11.3 Å². The molecular weight excluding hydrogens is 244 g/mol. The van der Waals surface area contributed by atoms with Crippen molar-refractivity contribution in [1.29, 1.82) is 0 Å². The van der Waals surface area contributed by atoms with Gasteiger partial charge in [0.05, 0.1) is 11.6 Å². The van der Waals surface area contributed by atoms with Crippen LogP contribution in [0.4, 0.5) is 8.78 Å². The van der Waals surface area contributed by atoms with Gasteiger partial charge in [0.25, 0.3) is 0 Å². The fourth-order valence-corrected chi connectivity index (χ4v) is 2.25. The Balaban J connectivity index is 2.22. The molecule has 90 valence electrons. The minimum absolute atomic E-state index is 0.265. The number of hydrazine groups is 1. The topological polar surface area (TPSA) is 50.9 Å². The van der Waals surface area contributed by atoms with Gasteiger partial charge in [0, 0.05) is 11.1 Å². The Morgan fingerprint density at radius 3 is 2.88 bits per heavy atom. The van der Waals surface area contributed by atoms with Gasteiger partial charge in [-0.2, -0.15) is 0 Å². The van der Waals surface area contributed by atoms with Crippen molar-refractivity contribution in [2.24, 2.45) is 5.84 Å². The van der Waals surface area contributed by atoms with Crippen LogP contribution in [-0.4, -0.2) is 4.98 Å². The van der Waals surface area contributed by atoms with Crippen LogP contribution in [0.1, 0.15) is 16.5 Å². The summed E-state index contributed by atoms with van der Waals surface area (Å²) in [5.74, 6) is 3.75. The molecule has 6 heteroatoms. The Labute approximate surface area is 101 Å². The van der Waals surface area contributed by atoms with Gasteiger partial charge in [0.1, 0.15) is 0 Å². The van der Waals surface area contributed by atoms with E-state index in [1.165, 1.54) is 17.4 Å². The van der Waals surface area contributed by atoms with Crippen LogP contribution in [0.3, 0.4) is 0 Å². The first kappa shape index (κ1) is 12.1. The van der Waals surface area contributed by atoms with Crippen molar-refractivity contribution < 1.29 is 8.78 Å². The minimum Gasteiger partial charge on any atom is -0.271 e. The summed E-state index contributed by atoms with van der Waals surface area (Å²) in [5, 5.41) is 0. The van der Waals surface area contributed by atoms with Crippen LogP contribution in [0.5, 0.6) is 0 Å². The summed E-state index contributed by atoms with van der Waals surface area (Å²) >= 11 is 1.42. The molecule has 0 amide bonds. The number of hydrogen-bond acceptors (Lipinski definition) is 4. The van der Waals surface area contributed by atoms with E-state index in [2.05, 4.69) is 10.4 Å². The summed E-state index contributed by atoms with van der Waals surface area (Å²) in [6, 6.07) is 3.85. The van der Waals surface area contributed by atoms with E-state index < -0.39 is 11.6 Å². The lowest BCUT2D eigenvalue weighted by Crippen LogP contribution is -2.29. The molecule has 1 aromatic carbocycles. The lowest BCUT2D eigenvalue weighted by molar-refractivity contribution is 0.483. The predicted molar refractivity (Wildman–Crippen MR) is 62.2 cm³/mol. The summed E-state index contributed by atoms with van der Waals surface area (Å²) in [6.07, 6.45) is 1.94. The maximum absolute atomic E-state index is 13.5. The first-order valence-electron chi connectivity index (χ1n) is 4.99. The van der Waals surface area contributed by atoms with Gasteiger partial charge in [-0.15, -0.1) is 11.3 Å². The molecule has 0 saturated carbocycles. The molecule has 0 saturated heterocycles. The third-order valence-corrected chi connectivity index (χ3v) is 3.34. The SMILES string of the molecule is NNC(Cc1cccc(F)c1F)c1cncs1. The second kappa shape index (κ2) is 5.31. The van der Waals surface area contributed by atoms with Crippen molar-refractivity contribution in [2.75, 3.05) is 0 Å². The molecule has 0 bridgehead atoms. The largest absolute Gasteiger partial charge is 0.271 e. The van der Waals surface area contributed by atoms with Gasteiger partial charge in [0.15, 0.2) is 11.6 Å². The van der Waals surface area contributed by atoms with Gasteiger partial charge in [0.2, 0.25) is 0 Å². The molecule has 0 aliphatic rings. The highest BCUT2D eigenvalue weighted by atomic mass is 32.1. The fourth-order valence-electron chi connectivity index (χ4n) is 1.57.